The lowest BCUT2D eigenvalue weighted by Crippen LogP contribution is -2.51. The summed E-state index contributed by atoms with van der Waals surface area (Å²) >= 11 is 0. The van der Waals surface area contributed by atoms with Crippen LogP contribution >= 0.6 is 0 Å². The van der Waals surface area contributed by atoms with Gasteiger partial charge in [0.1, 0.15) is 35.6 Å². The lowest BCUT2D eigenvalue weighted by Gasteiger charge is -2.36. The number of ether oxygens (including phenoxy) is 1. The largest absolute Gasteiger partial charge is 0.461 e. The second-order valence-corrected chi connectivity index (χ2v) is 12.3. The summed E-state index contributed by atoms with van der Waals surface area (Å²) in [4.78, 5) is 18.7. The predicted molar refractivity (Wildman–Crippen MR) is 156 cm³/mol. The van der Waals surface area contributed by atoms with Gasteiger partial charge in [0.15, 0.2) is 5.82 Å². The highest BCUT2D eigenvalue weighted by atomic mass is 19.1. The Morgan fingerprint density at radius 3 is 2.69 bits per heavy atom. The van der Waals surface area contributed by atoms with E-state index in [9.17, 15) is 4.39 Å². The van der Waals surface area contributed by atoms with Crippen molar-refractivity contribution in [3.05, 3.63) is 53.2 Å². The van der Waals surface area contributed by atoms with E-state index in [-0.39, 0.29) is 40.9 Å². The monoisotopic (exact) mass is 574 g/mol. The van der Waals surface area contributed by atoms with Gasteiger partial charge in [-0.3, -0.25) is 4.90 Å². The second-order valence-electron chi connectivity index (χ2n) is 12.3. The van der Waals surface area contributed by atoms with Crippen LogP contribution in [-0.2, 0) is 0 Å². The predicted octanol–water partition coefficient (Wildman–Crippen LogP) is 5.63. The molecule has 7 nitrogen and oxygen atoms in total. The Morgan fingerprint density at radius 2 is 1.86 bits per heavy atom. The lowest BCUT2D eigenvalue weighted by atomic mass is 9.95. The molecule has 0 bridgehead atoms. The number of pyridine rings is 1. The van der Waals surface area contributed by atoms with Crippen molar-refractivity contribution in [3.8, 4) is 17.3 Å². The molecule has 3 saturated heterocycles. The average Bonchev–Trinajstić information content (AvgIpc) is 3.56. The molecule has 10 heteroatoms. The topological polar surface area (TPSA) is 66.4 Å². The third kappa shape index (κ3) is 3.91. The highest BCUT2D eigenvalue weighted by Crippen LogP contribution is 2.44. The van der Waals surface area contributed by atoms with Crippen LogP contribution in [0.2, 0.25) is 0 Å². The van der Waals surface area contributed by atoms with E-state index in [1.807, 2.05) is 6.07 Å². The van der Waals surface area contributed by atoms with E-state index < -0.39 is 17.8 Å². The number of rotatable bonds is 4. The zero-order valence-corrected chi connectivity index (χ0v) is 23.6. The molecule has 4 aromatic rings. The maximum absolute atomic E-state index is 16.8. The number of halogens is 3. The molecule has 1 N–H and O–H groups in total. The van der Waals surface area contributed by atoms with Crippen LogP contribution < -0.4 is 15.0 Å². The fourth-order valence-electron chi connectivity index (χ4n) is 7.83. The van der Waals surface area contributed by atoms with E-state index in [1.54, 1.807) is 25.1 Å². The zero-order chi connectivity index (χ0) is 28.6. The van der Waals surface area contributed by atoms with Crippen molar-refractivity contribution in [1.29, 1.82) is 0 Å². The summed E-state index contributed by atoms with van der Waals surface area (Å²) in [6.45, 7) is 6.12. The molecule has 2 unspecified atom stereocenters. The van der Waals surface area contributed by atoms with Gasteiger partial charge in [-0.05, 0) is 68.1 Å². The second kappa shape index (κ2) is 9.77. The summed E-state index contributed by atoms with van der Waals surface area (Å²) in [7, 11) is 0. The Kier molecular flexibility index (Phi) is 6.08. The Bertz CT molecular complexity index is 1720. The summed E-state index contributed by atoms with van der Waals surface area (Å²) in [5.41, 5.74) is 0.843. The number of hydrogen-bond donors (Lipinski definition) is 1. The third-order valence-corrected chi connectivity index (χ3v) is 9.95. The van der Waals surface area contributed by atoms with E-state index >= 15 is 8.78 Å². The summed E-state index contributed by atoms with van der Waals surface area (Å²) in [5, 5.41) is 4.95. The molecule has 4 aliphatic rings. The Hall–Kier alpha value is -3.50. The molecule has 2 aromatic carbocycles. The molecule has 0 radical (unpaired) electrons. The smallest absolute Gasteiger partial charge is 0.319 e. The first-order valence-electron chi connectivity index (χ1n) is 15.0. The van der Waals surface area contributed by atoms with Gasteiger partial charge in [-0.2, -0.15) is 9.97 Å². The van der Waals surface area contributed by atoms with Gasteiger partial charge >= 0.3 is 6.01 Å². The number of nitrogens with zero attached hydrogens (tertiary/aromatic N) is 5. The molecule has 3 fully saturated rings. The number of benzene rings is 2. The number of nitrogens with one attached hydrogen (secondary N) is 1. The standard InChI is InChI=1S/C32H33F3N6O/c1-18-22(33)8-7-19-5-2-6-21(24(18)19)27-26(35)29-25-28(37-27)23(34)15-20-16-36-11-14-41(20)30(25)39-31(38-29)42-17-32-9-3-12-40(32)13-4-10-32/h2,5-8,20,23,36H,3-4,9-17H2,1H3. The number of fused-ring (bicyclic) bond motifs is 4. The summed E-state index contributed by atoms with van der Waals surface area (Å²) in [5.74, 6) is -0.600. The Morgan fingerprint density at radius 1 is 1.02 bits per heavy atom. The van der Waals surface area contributed by atoms with Crippen LogP contribution in [0, 0.1) is 18.6 Å². The maximum Gasteiger partial charge on any atom is 0.319 e. The molecular weight excluding hydrogens is 541 g/mol. The zero-order valence-electron chi connectivity index (χ0n) is 23.6. The Labute approximate surface area is 242 Å². The van der Waals surface area contributed by atoms with E-state index in [0.717, 1.165) is 44.2 Å². The lowest BCUT2D eigenvalue weighted by molar-refractivity contribution is 0.108. The first-order valence-corrected chi connectivity index (χ1v) is 15.0. The number of hydrogen-bond acceptors (Lipinski definition) is 7. The van der Waals surface area contributed by atoms with E-state index in [1.165, 1.54) is 6.07 Å². The number of piperazine rings is 1. The van der Waals surface area contributed by atoms with Crippen LogP contribution in [0.5, 0.6) is 6.01 Å². The van der Waals surface area contributed by atoms with E-state index in [0.29, 0.717) is 54.0 Å². The van der Waals surface area contributed by atoms with Crippen molar-refractivity contribution in [2.75, 3.05) is 44.2 Å². The van der Waals surface area contributed by atoms with Crippen molar-refractivity contribution in [3.63, 3.8) is 0 Å². The van der Waals surface area contributed by atoms with Crippen molar-refractivity contribution in [2.45, 2.75) is 56.8 Å². The van der Waals surface area contributed by atoms with E-state index in [2.05, 4.69) is 25.1 Å². The van der Waals surface area contributed by atoms with Crippen LogP contribution in [0.1, 0.15) is 49.5 Å². The van der Waals surface area contributed by atoms with Gasteiger partial charge in [0.25, 0.3) is 0 Å². The molecule has 2 aromatic heterocycles. The van der Waals surface area contributed by atoms with Crippen LogP contribution in [0.15, 0.2) is 30.3 Å². The van der Waals surface area contributed by atoms with Crippen molar-refractivity contribution in [1.82, 2.24) is 25.2 Å². The highest BCUT2D eigenvalue weighted by molar-refractivity contribution is 6.01. The first-order chi connectivity index (χ1) is 20.4. The number of aryl methyl sites for hydroxylation is 1. The number of alkyl halides is 1. The minimum Gasteiger partial charge on any atom is -0.461 e. The SMILES string of the molecule is Cc1c(F)ccc2cccc(-c3nc4c5c(nc(OCC67CCCN6CCC7)nc5c3F)N3CCNCC3CC4F)c12. The highest BCUT2D eigenvalue weighted by Gasteiger charge is 2.45. The fourth-order valence-corrected chi connectivity index (χ4v) is 7.83. The first kappa shape index (κ1) is 26.2. The molecule has 0 saturated carbocycles. The van der Waals surface area contributed by atoms with Crippen molar-refractivity contribution >= 4 is 27.5 Å². The molecule has 0 aliphatic carbocycles. The van der Waals surface area contributed by atoms with Gasteiger partial charge in [-0.1, -0.05) is 24.3 Å². The summed E-state index contributed by atoms with van der Waals surface area (Å²) in [6.07, 6.45) is 3.11. The minimum atomic E-state index is -1.45. The van der Waals surface area contributed by atoms with Gasteiger partial charge in [-0.25, -0.2) is 18.2 Å². The molecule has 4 aliphatic heterocycles. The van der Waals surface area contributed by atoms with E-state index in [4.69, 9.17) is 9.72 Å². The maximum atomic E-state index is 16.8. The minimum absolute atomic E-state index is 0.00454. The normalized spacial score (nSPS) is 23.3. The summed E-state index contributed by atoms with van der Waals surface area (Å²) < 4.78 is 54.0. The van der Waals surface area contributed by atoms with Gasteiger partial charge in [0, 0.05) is 37.7 Å². The molecule has 2 atom stereocenters. The molecule has 8 rings (SSSR count). The average molecular weight is 575 g/mol. The van der Waals surface area contributed by atoms with Crippen molar-refractivity contribution in [2.24, 2.45) is 0 Å². The molecular formula is C32H33F3N6O. The van der Waals surface area contributed by atoms with Crippen LogP contribution in [0.3, 0.4) is 0 Å². The van der Waals surface area contributed by atoms with Crippen LogP contribution in [0.4, 0.5) is 19.0 Å². The molecule has 0 spiro atoms. The molecule has 6 heterocycles. The van der Waals surface area contributed by atoms with Gasteiger partial charge in [0.2, 0.25) is 0 Å². The molecule has 42 heavy (non-hydrogen) atoms. The fraction of sp³-hybridized carbons (Fsp3) is 0.469. The quantitative estimate of drug-likeness (QED) is 0.339. The van der Waals surface area contributed by atoms with Gasteiger partial charge in [-0.15, -0.1) is 0 Å². The van der Waals surface area contributed by atoms with Crippen LogP contribution in [-0.4, -0.2) is 70.8 Å². The van der Waals surface area contributed by atoms with Crippen LogP contribution in [0.25, 0.3) is 32.9 Å². The number of anilines is 1. The molecule has 0 amide bonds. The van der Waals surface area contributed by atoms with Gasteiger partial charge in [0.05, 0.1) is 16.6 Å². The summed E-state index contributed by atoms with van der Waals surface area (Å²) in [6, 6.07) is 8.34. The molecule has 218 valence electrons. The third-order valence-electron chi connectivity index (χ3n) is 9.95. The number of aromatic nitrogens is 3. The van der Waals surface area contributed by atoms with Crippen molar-refractivity contribution < 1.29 is 17.9 Å². The van der Waals surface area contributed by atoms with Gasteiger partial charge < -0.3 is 15.0 Å². The Balaban J connectivity index is 1.34.